The monoisotopic (exact) mass is 207 g/mol. The molecule has 6 heteroatoms. The molecule has 0 bridgehead atoms. The molecule has 0 aliphatic carbocycles. The molecule has 6 nitrogen and oxygen atoms in total. The molecule has 14 heavy (non-hydrogen) atoms. The fourth-order valence-corrected chi connectivity index (χ4v) is 1.09. The van der Waals surface area contributed by atoms with Crippen molar-refractivity contribution in [2.45, 2.75) is 31.3 Å². The summed E-state index contributed by atoms with van der Waals surface area (Å²) in [5.74, 6) is 0. The first-order valence-electron chi connectivity index (χ1n) is 4.48. The second kappa shape index (κ2) is 5.01. The smallest absolute Gasteiger partial charge is 0.111 e. The number of ether oxygens (including phenoxy) is 1. The van der Waals surface area contributed by atoms with Gasteiger partial charge in [0.2, 0.25) is 0 Å². The predicted octanol–water partition coefficient (Wildman–Crippen LogP) is -1.08. The fraction of sp³-hybridized carbons (Fsp3) is 1.00. The van der Waals surface area contributed by atoms with Gasteiger partial charge in [0, 0.05) is 7.05 Å². The van der Waals surface area contributed by atoms with Crippen LogP contribution in [0.4, 0.5) is 0 Å². The van der Waals surface area contributed by atoms with Crippen molar-refractivity contribution in [2.24, 2.45) is 0 Å². The van der Waals surface area contributed by atoms with E-state index in [4.69, 9.17) is 14.4 Å². The van der Waals surface area contributed by atoms with E-state index < -0.39 is 18.3 Å². The van der Waals surface area contributed by atoms with E-state index in [1.165, 1.54) is 7.11 Å². The summed E-state index contributed by atoms with van der Waals surface area (Å²) in [4.78, 5) is 9.82. The number of epoxide rings is 1. The number of aliphatic hydroxyl groups is 2. The van der Waals surface area contributed by atoms with Gasteiger partial charge in [-0.2, -0.15) is 0 Å². The summed E-state index contributed by atoms with van der Waals surface area (Å²) < 4.78 is 4.86. The van der Waals surface area contributed by atoms with Crippen LogP contribution in [0.3, 0.4) is 0 Å². The highest BCUT2D eigenvalue weighted by Crippen LogP contribution is 2.19. The minimum absolute atomic E-state index is 0.260. The van der Waals surface area contributed by atoms with Crippen LogP contribution in [0.5, 0.6) is 0 Å². The Balaban J connectivity index is 2.30. The van der Waals surface area contributed by atoms with Gasteiger partial charge in [0.05, 0.1) is 13.7 Å². The molecule has 1 heterocycles. The Morgan fingerprint density at radius 2 is 2.07 bits per heavy atom. The van der Waals surface area contributed by atoms with Gasteiger partial charge in [-0.25, -0.2) is 0 Å². The summed E-state index contributed by atoms with van der Waals surface area (Å²) in [6, 6.07) is 0. The zero-order valence-corrected chi connectivity index (χ0v) is 8.58. The van der Waals surface area contributed by atoms with Gasteiger partial charge in [-0.05, 0) is 6.92 Å². The van der Waals surface area contributed by atoms with Crippen LogP contribution in [-0.4, -0.2) is 60.6 Å². The summed E-state index contributed by atoms with van der Waals surface area (Å²) >= 11 is 0. The van der Waals surface area contributed by atoms with Crippen molar-refractivity contribution in [3.05, 3.63) is 0 Å². The quantitative estimate of drug-likeness (QED) is 0.426. The van der Waals surface area contributed by atoms with Crippen LogP contribution in [0.1, 0.15) is 6.92 Å². The lowest BCUT2D eigenvalue weighted by Crippen LogP contribution is -2.42. The van der Waals surface area contributed by atoms with Gasteiger partial charge in [-0.1, -0.05) is 5.23 Å². The molecule has 84 valence electrons. The van der Waals surface area contributed by atoms with Crippen molar-refractivity contribution in [2.75, 3.05) is 20.8 Å². The Bertz CT molecular complexity index is 175. The molecule has 1 aliphatic rings. The van der Waals surface area contributed by atoms with Gasteiger partial charge in [-0.3, -0.25) is 9.68 Å². The Morgan fingerprint density at radius 3 is 2.50 bits per heavy atom. The first-order valence-corrected chi connectivity index (χ1v) is 4.48. The van der Waals surface area contributed by atoms with Gasteiger partial charge < -0.3 is 14.9 Å². The fourth-order valence-electron chi connectivity index (χ4n) is 1.09. The first kappa shape index (κ1) is 11.8. The SMILES string of the molecule is CON(C)OC(C)C(O)C(O)[C@@H]1CO1. The molecule has 4 atom stereocenters. The van der Waals surface area contributed by atoms with Gasteiger partial charge in [0.1, 0.15) is 24.4 Å². The average molecular weight is 207 g/mol. The number of aliphatic hydroxyl groups excluding tert-OH is 2. The molecule has 3 unspecified atom stereocenters. The predicted molar refractivity (Wildman–Crippen MR) is 47.1 cm³/mol. The number of rotatable bonds is 6. The lowest BCUT2D eigenvalue weighted by atomic mass is 10.1. The largest absolute Gasteiger partial charge is 0.388 e. The number of hydroxylamine groups is 2. The summed E-state index contributed by atoms with van der Waals surface area (Å²) in [7, 11) is 3.00. The first-order chi connectivity index (χ1) is 6.56. The highest BCUT2D eigenvalue weighted by molar-refractivity contribution is 4.86. The van der Waals surface area contributed by atoms with E-state index in [2.05, 4.69) is 0 Å². The summed E-state index contributed by atoms with van der Waals surface area (Å²) in [6.07, 6.45) is -2.71. The molecule has 0 aromatic rings. The van der Waals surface area contributed by atoms with E-state index in [0.29, 0.717) is 6.61 Å². The maximum atomic E-state index is 9.60. The number of hydrogen-bond donors (Lipinski definition) is 2. The van der Waals surface area contributed by atoms with Crippen LogP contribution >= 0.6 is 0 Å². The Hall–Kier alpha value is -0.240. The standard InChI is InChI=1S/C8H17NO5/c1-5(14-9(2)12-3)7(10)8(11)6-4-13-6/h5-8,10-11H,4H2,1-3H3/t5?,6-,7?,8?/m0/s1. The molecule has 0 amide bonds. The van der Waals surface area contributed by atoms with Crippen molar-refractivity contribution in [3.63, 3.8) is 0 Å². The highest BCUT2D eigenvalue weighted by atomic mass is 16.9. The lowest BCUT2D eigenvalue weighted by Gasteiger charge is -2.25. The molecular formula is C8H17NO5. The third-order valence-electron chi connectivity index (χ3n) is 2.14. The average Bonchev–Trinajstić information content (AvgIpc) is 2.98. The minimum Gasteiger partial charge on any atom is -0.388 e. The Kier molecular flexibility index (Phi) is 4.24. The maximum Gasteiger partial charge on any atom is 0.111 e. The zero-order valence-electron chi connectivity index (χ0n) is 8.58. The van der Waals surface area contributed by atoms with Gasteiger partial charge in [-0.15, -0.1) is 0 Å². The molecule has 1 rings (SSSR count). The summed E-state index contributed by atoms with van der Waals surface area (Å²) in [6.45, 7) is 2.14. The Labute approximate surface area is 82.9 Å². The number of nitrogens with zero attached hydrogens (tertiary/aromatic N) is 1. The molecule has 0 radical (unpaired) electrons. The van der Waals surface area contributed by atoms with Crippen molar-refractivity contribution >= 4 is 0 Å². The molecule has 1 saturated heterocycles. The van der Waals surface area contributed by atoms with E-state index in [9.17, 15) is 10.2 Å². The molecule has 0 spiro atoms. The van der Waals surface area contributed by atoms with Gasteiger partial charge in [0.25, 0.3) is 0 Å². The van der Waals surface area contributed by atoms with E-state index in [0.717, 1.165) is 5.23 Å². The van der Waals surface area contributed by atoms with E-state index in [-0.39, 0.29) is 6.10 Å². The molecule has 1 fully saturated rings. The minimum atomic E-state index is -0.986. The maximum absolute atomic E-state index is 9.60. The molecule has 1 aliphatic heterocycles. The van der Waals surface area contributed by atoms with Crippen molar-refractivity contribution in [1.82, 2.24) is 5.23 Å². The molecule has 0 aromatic heterocycles. The van der Waals surface area contributed by atoms with Crippen LogP contribution in [-0.2, 0) is 14.4 Å². The Morgan fingerprint density at radius 1 is 1.50 bits per heavy atom. The third kappa shape index (κ3) is 3.16. The van der Waals surface area contributed by atoms with Crippen LogP contribution in [0.2, 0.25) is 0 Å². The summed E-state index contributed by atoms with van der Waals surface area (Å²) in [5.41, 5.74) is 0. The van der Waals surface area contributed by atoms with Crippen LogP contribution in [0, 0.1) is 0 Å². The second-order valence-electron chi connectivity index (χ2n) is 3.29. The van der Waals surface area contributed by atoms with E-state index in [1.54, 1.807) is 14.0 Å². The lowest BCUT2D eigenvalue weighted by molar-refractivity contribution is -0.368. The third-order valence-corrected chi connectivity index (χ3v) is 2.14. The van der Waals surface area contributed by atoms with Crippen molar-refractivity contribution < 1.29 is 24.6 Å². The van der Waals surface area contributed by atoms with Crippen LogP contribution in [0.15, 0.2) is 0 Å². The van der Waals surface area contributed by atoms with Gasteiger partial charge >= 0.3 is 0 Å². The molecule has 2 N–H and O–H groups in total. The molecule has 0 aromatic carbocycles. The number of hydrogen-bond acceptors (Lipinski definition) is 6. The normalized spacial score (nSPS) is 27.4. The zero-order chi connectivity index (χ0) is 10.7. The van der Waals surface area contributed by atoms with Crippen molar-refractivity contribution in [3.8, 4) is 0 Å². The topological polar surface area (TPSA) is 74.7 Å². The highest BCUT2D eigenvalue weighted by Gasteiger charge is 2.39. The second-order valence-corrected chi connectivity index (χ2v) is 3.29. The van der Waals surface area contributed by atoms with E-state index in [1.807, 2.05) is 0 Å². The van der Waals surface area contributed by atoms with Crippen LogP contribution in [0.25, 0.3) is 0 Å². The van der Waals surface area contributed by atoms with E-state index >= 15 is 0 Å². The van der Waals surface area contributed by atoms with Crippen LogP contribution < -0.4 is 0 Å². The molecular weight excluding hydrogens is 190 g/mol. The molecule has 0 saturated carbocycles. The summed E-state index contributed by atoms with van der Waals surface area (Å²) in [5, 5.41) is 20.2. The van der Waals surface area contributed by atoms with Crippen molar-refractivity contribution in [1.29, 1.82) is 0 Å². The van der Waals surface area contributed by atoms with Gasteiger partial charge in [0.15, 0.2) is 0 Å².